The van der Waals surface area contributed by atoms with E-state index in [1.165, 1.54) is 0 Å². The molecular formula is C15H20O9. The molecule has 2 saturated heterocycles. The number of rotatable bonds is 6. The van der Waals surface area contributed by atoms with Gasteiger partial charge in [0.1, 0.15) is 19.3 Å². The number of aliphatic hydroxyl groups is 3. The second kappa shape index (κ2) is 6.99. The summed E-state index contributed by atoms with van der Waals surface area (Å²) in [5.74, 6) is -5.39. The monoisotopic (exact) mass is 344 g/mol. The van der Waals surface area contributed by atoms with E-state index in [2.05, 4.69) is 13.2 Å². The highest BCUT2D eigenvalue weighted by atomic mass is 16.7. The third kappa shape index (κ3) is 4.19. The van der Waals surface area contributed by atoms with E-state index in [0.29, 0.717) is 0 Å². The summed E-state index contributed by atoms with van der Waals surface area (Å²) < 4.78 is 20.1. The Morgan fingerprint density at radius 3 is 1.71 bits per heavy atom. The Bertz CT molecular complexity index is 487. The molecule has 2 rings (SSSR count). The highest BCUT2D eigenvalue weighted by Crippen LogP contribution is 2.34. The maximum atomic E-state index is 11.2. The maximum Gasteiger partial charge on any atom is 0.332 e. The van der Waals surface area contributed by atoms with E-state index in [1.54, 1.807) is 0 Å². The molecule has 3 N–H and O–H groups in total. The lowest BCUT2D eigenvalue weighted by molar-refractivity contribution is -0.203. The van der Waals surface area contributed by atoms with Crippen LogP contribution in [0.5, 0.6) is 0 Å². The number of ether oxygens (including phenoxy) is 4. The number of esters is 2. The Kier molecular flexibility index (Phi) is 5.41. The fourth-order valence-electron chi connectivity index (χ4n) is 2.62. The van der Waals surface area contributed by atoms with Gasteiger partial charge < -0.3 is 34.3 Å². The lowest BCUT2D eigenvalue weighted by Crippen LogP contribution is -2.41. The van der Waals surface area contributed by atoms with Gasteiger partial charge in [-0.25, -0.2) is 9.59 Å². The Labute approximate surface area is 138 Å². The lowest BCUT2D eigenvalue weighted by atomic mass is 9.99. The van der Waals surface area contributed by atoms with Crippen molar-refractivity contribution in [1.29, 1.82) is 0 Å². The highest BCUT2D eigenvalue weighted by molar-refractivity contribution is 5.81. The molecule has 134 valence electrons. The fourth-order valence-corrected chi connectivity index (χ4v) is 2.62. The molecule has 0 saturated carbocycles. The van der Waals surface area contributed by atoms with Gasteiger partial charge in [-0.2, -0.15) is 0 Å². The Balaban J connectivity index is 1.92. The molecule has 4 unspecified atom stereocenters. The van der Waals surface area contributed by atoms with Crippen molar-refractivity contribution in [3.63, 3.8) is 0 Å². The van der Waals surface area contributed by atoms with E-state index in [4.69, 9.17) is 18.9 Å². The molecule has 0 spiro atoms. The minimum Gasteiger partial charge on any atom is -0.427 e. The Hall–Kier alpha value is -1.78. The number of aliphatic hydroxyl groups excluding tert-OH is 1. The molecule has 2 fully saturated rings. The summed E-state index contributed by atoms with van der Waals surface area (Å²) in [6.45, 7) is 5.81. The van der Waals surface area contributed by atoms with Gasteiger partial charge in [-0.15, -0.1) is 0 Å². The second-order valence-electron chi connectivity index (χ2n) is 5.74. The van der Waals surface area contributed by atoms with Crippen molar-refractivity contribution < 1.29 is 43.9 Å². The number of carbonyl (C=O) groups is 2. The molecule has 0 aromatic heterocycles. The molecule has 0 radical (unpaired) electrons. The molecule has 0 aromatic rings. The molecule has 2 heterocycles. The summed E-state index contributed by atoms with van der Waals surface area (Å²) in [7, 11) is 0. The van der Waals surface area contributed by atoms with Crippen LogP contribution in [0.4, 0.5) is 0 Å². The van der Waals surface area contributed by atoms with Crippen molar-refractivity contribution in [3.8, 4) is 0 Å². The smallest absolute Gasteiger partial charge is 0.332 e. The van der Waals surface area contributed by atoms with Crippen molar-refractivity contribution in [1.82, 2.24) is 0 Å². The van der Waals surface area contributed by atoms with Crippen LogP contribution < -0.4 is 0 Å². The lowest BCUT2D eigenvalue weighted by Gasteiger charge is -2.24. The quantitative estimate of drug-likeness (QED) is 0.307. The minimum absolute atomic E-state index is 0.182. The largest absolute Gasteiger partial charge is 0.427 e. The molecule has 2 aliphatic heterocycles. The van der Waals surface area contributed by atoms with Crippen LogP contribution in [0.15, 0.2) is 25.3 Å². The Morgan fingerprint density at radius 1 is 1.00 bits per heavy atom. The molecule has 0 aromatic carbocycles. The molecule has 9 nitrogen and oxygen atoms in total. The van der Waals surface area contributed by atoms with Gasteiger partial charge >= 0.3 is 11.9 Å². The highest BCUT2D eigenvalue weighted by Gasteiger charge is 2.51. The molecule has 0 bridgehead atoms. The van der Waals surface area contributed by atoms with Crippen molar-refractivity contribution in [2.24, 2.45) is 0 Å². The zero-order valence-corrected chi connectivity index (χ0v) is 12.9. The fraction of sp³-hybridized carbons (Fsp3) is 0.600. The van der Waals surface area contributed by atoms with E-state index in [-0.39, 0.29) is 26.1 Å². The number of hydrogen-bond donors (Lipinski definition) is 3. The number of carbonyl (C=O) groups excluding carboxylic acids is 2. The Morgan fingerprint density at radius 2 is 1.38 bits per heavy atom. The molecule has 2 aliphatic rings. The molecule has 24 heavy (non-hydrogen) atoms. The van der Waals surface area contributed by atoms with E-state index >= 15 is 0 Å². The van der Waals surface area contributed by atoms with E-state index < -0.39 is 41.8 Å². The first-order valence-electron chi connectivity index (χ1n) is 7.27. The summed E-state index contributed by atoms with van der Waals surface area (Å²) in [6.07, 6.45) is -1.59. The van der Waals surface area contributed by atoms with Gasteiger partial charge in [-0.1, -0.05) is 13.2 Å². The molecule has 0 amide bonds. The summed E-state index contributed by atoms with van der Waals surface area (Å²) in [5.41, 5.74) is 0. The van der Waals surface area contributed by atoms with Crippen LogP contribution in [0.1, 0.15) is 12.8 Å². The average Bonchev–Trinajstić information content (AvgIpc) is 3.10. The summed E-state index contributed by atoms with van der Waals surface area (Å²) in [4.78, 5) is 22.4. The van der Waals surface area contributed by atoms with Gasteiger partial charge in [0.05, 0.1) is 12.2 Å². The van der Waals surface area contributed by atoms with Crippen molar-refractivity contribution in [3.05, 3.63) is 25.3 Å². The van der Waals surface area contributed by atoms with Crippen LogP contribution in [0.2, 0.25) is 0 Å². The third-order valence-electron chi connectivity index (χ3n) is 3.76. The second-order valence-corrected chi connectivity index (χ2v) is 5.74. The first-order chi connectivity index (χ1) is 11.2. The van der Waals surface area contributed by atoms with Gasteiger partial charge in [0.2, 0.25) is 11.6 Å². The van der Waals surface area contributed by atoms with Gasteiger partial charge in [-0.3, -0.25) is 0 Å². The first kappa shape index (κ1) is 18.6. The predicted molar refractivity (Wildman–Crippen MR) is 77.2 cm³/mol. The molecule has 4 atom stereocenters. The molecule has 0 aliphatic carbocycles. The van der Waals surface area contributed by atoms with Crippen LogP contribution in [0.3, 0.4) is 0 Å². The van der Waals surface area contributed by atoms with E-state index in [0.717, 1.165) is 12.2 Å². The SMILES string of the molecule is C=CC(=O)OC1(O)COC(C(O)C2CC(O)(OC(=O)C=C)CO2)C1. The van der Waals surface area contributed by atoms with Gasteiger partial charge in [0.15, 0.2) is 0 Å². The van der Waals surface area contributed by atoms with Crippen LogP contribution in [-0.2, 0) is 28.5 Å². The standard InChI is InChI=1S/C15H20O9/c1-3-11(16)23-14(19)5-9(21-7-14)13(18)10-6-15(20,8-22-10)24-12(17)4-2/h3-4,9-10,13,18-20H,1-2,5-8H2. The van der Waals surface area contributed by atoms with Crippen molar-refractivity contribution in [2.75, 3.05) is 13.2 Å². The van der Waals surface area contributed by atoms with Crippen LogP contribution in [-0.4, -0.2) is 70.4 Å². The van der Waals surface area contributed by atoms with Crippen molar-refractivity contribution >= 4 is 11.9 Å². The minimum atomic E-state index is -1.87. The van der Waals surface area contributed by atoms with Crippen LogP contribution in [0, 0.1) is 0 Å². The van der Waals surface area contributed by atoms with Crippen LogP contribution >= 0.6 is 0 Å². The number of hydrogen-bond acceptors (Lipinski definition) is 9. The third-order valence-corrected chi connectivity index (χ3v) is 3.76. The van der Waals surface area contributed by atoms with Crippen molar-refractivity contribution in [2.45, 2.75) is 42.7 Å². The van der Waals surface area contributed by atoms with Gasteiger partial charge in [-0.05, 0) is 0 Å². The van der Waals surface area contributed by atoms with Gasteiger partial charge in [0.25, 0.3) is 0 Å². The maximum absolute atomic E-state index is 11.2. The summed E-state index contributed by atoms with van der Waals surface area (Å²) in [6, 6.07) is 0. The molecular weight excluding hydrogens is 324 g/mol. The van der Waals surface area contributed by atoms with E-state index in [1.807, 2.05) is 0 Å². The predicted octanol–water partition coefficient (Wildman–Crippen LogP) is -1.24. The first-order valence-corrected chi connectivity index (χ1v) is 7.27. The normalized spacial score (nSPS) is 36.8. The van der Waals surface area contributed by atoms with Gasteiger partial charge in [0, 0.05) is 25.0 Å². The van der Waals surface area contributed by atoms with E-state index in [9.17, 15) is 24.9 Å². The summed E-state index contributed by atoms with van der Waals surface area (Å²) in [5, 5.41) is 30.5. The zero-order valence-electron chi connectivity index (χ0n) is 12.9. The topological polar surface area (TPSA) is 132 Å². The summed E-state index contributed by atoms with van der Waals surface area (Å²) >= 11 is 0. The zero-order chi connectivity index (χ0) is 18.0. The van der Waals surface area contributed by atoms with Crippen LogP contribution in [0.25, 0.3) is 0 Å². The molecule has 9 heteroatoms. The average molecular weight is 344 g/mol.